The SMILES string of the molecule is O=C(Nc1sc2c(c1SNC1CCC1)CCCC2)C1CC1. The molecule has 114 valence electrons. The van der Waals surface area contributed by atoms with E-state index < -0.39 is 0 Å². The van der Waals surface area contributed by atoms with Gasteiger partial charge in [0.05, 0.1) is 4.90 Å². The van der Waals surface area contributed by atoms with E-state index in [-0.39, 0.29) is 11.8 Å². The molecule has 3 aliphatic carbocycles. The third-order valence-electron chi connectivity index (χ3n) is 4.74. The summed E-state index contributed by atoms with van der Waals surface area (Å²) in [4.78, 5) is 14.9. The molecule has 0 aromatic carbocycles. The lowest BCUT2D eigenvalue weighted by molar-refractivity contribution is -0.117. The van der Waals surface area contributed by atoms with Crippen LogP contribution < -0.4 is 10.0 Å². The van der Waals surface area contributed by atoms with Crippen molar-refractivity contribution in [3.63, 3.8) is 0 Å². The second-order valence-electron chi connectivity index (χ2n) is 6.48. The Bertz CT molecular complexity index is 547. The number of thiophene rings is 1. The van der Waals surface area contributed by atoms with Crippen molar-refractivity contribution in [1.29, 1.82) is 0 Å². The number of carbonyl (C=O) groups excluding carboxylic acids is 1. The molecule has 4 rings (SSSR count). The lowest BCUT2D eigenvalue weighted by Gasteiger charge is -2.26. The number of anilines is 1. The van der Waals surface area contributed by atoms with E-state index in [1.54, 1.807) is 11.9 Å². The fraction of sp³-hybridized carbons (Fsp3) is 0.688. The van der Waals surface area contributed by atoms with E-state index in [0.29, 0.717) is 6.04 Å². The summed E-state index contributed by atoms with van der Waals surface area (Å²) in [7, 11) is 0. The molecule has 1 amide bonds. The number of aryl methyl sites for hydroxylation is 1. The molecular weight excluding hydrogens is 300 g/mol. The molecule has 3 nitrogen and oxygen atoms in total. The van der Waals surface area contributed by atoms with Crippen molar-refractivity contribution < 1.29 is 4.79 Å². The molecule has 0 bridgehead atoms. The highest BCUT2D eigenvalue weighted by Crippen LogP contribution is 2.44. The molecule has 5 heteroatoms. The van der Waals surface area contributed by atoms with Gasteiger partial charge in [0.2, 0.25) is 5.91 Å². The summed E-state index contributed by atoms with van der Waals surface area (Å²) >= 11 is 3.59. The summed E-state index contributed by atoms with van der Waals surface area (Å²) in [5.41, 5.74) is 1.51. The predicted molar refractivity (Wildman–Crippen MR) is 88.9 cm³/mol. The van der Waals surface area contributed by atoms with Crippen molar-refractivity contribution in [2.24, 2.45) is 5.92 Å². The Labute approximate surface area is 134 Å². The smallest absolute Gasteiger partial charge is 0.228 e. The first kappa shape index (κ1) is 14.1. The van der Waals surface area contributed by atoms with Crippen molar-refractivity contribution in [2.75, 3.05) is 5.32 Å². The maximum atomic E-state index is 12.1. The van der Waals surface area contributed by atoms with Crippen LogP contribution >= 0.6 is 23.3 Å². The number of rotatable bonds is 5. The monoisotopic (exact) mass is 322 g/mol. The lowest BCUT2D eigenvalue weighted by atomic mass is 9.94. The molecule has 1 heterocycles. The van der Waals surface area contributed by atoms with Crippen LogP contribution in [0.1, 0.15) is 55.4 Å². The Hall–Kier alpha value is -0.520. The molecule has 2 N–H and O–H groups in total. The largest absolute Gasteiger partial charge is 0.316 e. The molecule has 0 unspecified atom stereocenters. The van der Waals surface area contributed by atoms with E-state index in [2.05, 4.69) is 10.0 Å². The standard InChI is InChI=1S/C16H22N2OS2/c19-15(10-8-9-10)17-16-14(21-18-11-4-3-5-11)12-6-1-2-7-13(12)20-16/h10-11,18H,1-9H2,(H,17,19). The highest BCUT2D eigenvalue weighted by Gasteiger charge is 2.31. The minimum absolute atomic E-state index is 0.235. The first-order valence-corrected chi connectivity index (χ1v) is 9.82. The molecule has 2 saturated carbocycles. The molecule has 2 fully saturated rings. The third kappa shape index (κ3) is 3.01. The molecule has 0 saturated heterocycles. The molecule has 1 aromatic heterocycles. The summed E-state index contributed by atoms with van der Waals surface area (Å²) < 4.78 is 3.60. The van der Waals surface area contributed by atoms with Crippen LogP contribution in [0.5, 0.6) is 0 Å². The number of nitrogens with one attached hydrogen (secondary N) is 2. The van der Waals surface area contributed by atoms with Crippen molar-refractivity contribution in [3.05, 3.63) is 10.4 Å². The second-order valence-corrected chi connectivity index (χ2v) is 8.43. The highest BCUT2D eigenvalue weighted by atomic mass is 32.2. The Kier molecular flexibility index (Phi) is 3.98. The van der Waals surface area contributed by atoms with Gasteiger partial charge in [-0.15, -0.1) is 11.3 Å². The average molecular weight is 322 g/mol. The maximum absolute atomic E-state index is 12.1. The predicted octanol–water partition coefficient (Wildman–Crippen LogP) is 4.12. The van der Waals surface area contributed by atoms with Gasteiger partial charge in [0.1, 0.15) is 5.00 Å². The second kappa shape index (κ2) is 5.94. The number of hydrogen-bond donors (Lipinski definition) is 2. The topological polar surface area (TPSA) is 41.1 Å². The van der Waals surface area contributed by atoms with E-state index in [1.165, 1.54) is 60.3 Å². The van der Waals surface area contributed by atoms with Crippen LogP contribution in [0, 0.1) is 5.92 Å². The zero-order valence-electron chi connectivity index (χ0n) is 12.2. The molecule has 3 aliphatic rings. The molecule has 0 aliphatic heterocycles. The van der Waals surface area contributed by atoms with Gasteiger partial charge in [-0.25, -0.2) is 0 Å². The number of carbonyl (C=O) groups is 1. The molecule has 0 atom stereocenters. The summed E-state index contributed by atoms with van der Waals surface area (Å²) in [6.07, 6.45) is 11.0. The Morgan fingerprint density at radius 3 is 2.62 bits per heavy atom. The summed E-state index contributed by atoms with van der Waals surface area (Å²) in [6.45, 7) is 0. The van der Waals surface area contributed by atoms with Crippen molar-refractivity contribution in [1.82, 2.24) is 4.72 Å². The van der Waals surface area contributed by atoms with Gasteiger partial charge in [-0.2, -0.15) is 0 Å². The van der Waals surface area contributed by atoms with Gasteiger partial charge in [0, 0.05) is 16.8 Å². The normalized spacial score (nSPS) is 21.7. The minimum Gasteiger partial charge on any atom is -0.316 e. The fourth-order valence-electron chi connectivity index (χ4n) is 2.96. The van der Waals surface area contributed by atoms with E-state index in [9.17, 15) is 4.79 Å². The zero-order chi connectivity index (χ0) is 14.2. The van der Waals surface area contributed by atoms with E-state index in [1.807, 2.05) is 11.3 Å². The lowest BCUT2D eigenvalue weighted by Crippen LogP contribution is -2.30. The first-order valence-electron chi connectivity index (χ1n) is 8.19. The Balaban J connectivity index is 1.53. The van der Waals surface area contributed by atoms with Crippen LogP contribution in [0.2, 0.25) is 0 Å². The molecule has 0 radical (unpaired) electrons. The molecular formula is C16H22N2OS2. The van der Waals surface area contributed by atoms with Gasteiger partial charge < -0.3 is 5.32 Å². The van der Waals surface area contributed by atoms with E-state index in [4.69, 9.17) is 0 Å². The minimum atomic E-state index is 0.235. The molecule has 0 spiro atoms. The van der Waals surface area contributed by atoms with Gasteiger partial charge >= 0.3 is 0 Å². The van der Waals surface area contributed by atoms with Gasteiger partial charge in [-0.05, 0) is 68.9 Å². The first-order chi connectivity index (χ1) is 10.3. The van der Waals surface area contributed by atoms with Crippen molar-refractivity contribution >= 4 is 34.2 Å². The van der Waals surface area contributed by atoms with Crippen LogP contribution in [0.3, 0.4) is 0 Å². The Morgan fingerprint density at radius 2 is 1.90 bits per heavy atom. The number of hydrogen-bond acceptors (Lipinski definition) is 4. The van der Waals surface area contributed by atoms with Crippen LogP contribution in [-0.4, -0.2) is 11.9 Å². The maximum Gasteiger partial charge on any atom is 0.228 e. The quantitative estimate of drug-likeness (QED) is 0.801. The van der Waals surface area contributed by atoms with Crippen LogP contribution in [0.25, 0.3) is 0 Å². The highest BCUT2D eigenvalue weighted by molar-refractivity contribution is 7.97. The average Bonchev–Trinajstić information content (AvgIpc) is 3.22. The summed E-state index contributed by atoms with van der Waals surface area (Å²) in [6, 6.07) is 0.668. The Morgan fingerprint density at radius 1 is 1.10 bits per heavy atom. The van der Waals surface area contributed by atoms with Gasteiger partial charge in [-0.1, -0.05) is 6.42 Å². The number of amides is 1. The fourth-order valence-corrected chi connectivity index (χ4v) is 5.47. The van der Waals surface area contributed by atoms with Crippen molar-refractivity contribution in [3.8, 4) is 0 Å². The van der Waals surface area contributed by atoms with E-state index in [0.717, 1.165) is 17.8 Å². The number of fused-ring (bicyclic) bond motifs is 1. The summed E-state index contributed by atoms with van der Waals surface area (Å²) in [5.74, 6) is 0.515. The summed E-state index contributed by atoms with van der Waals surface area (Å²) in [5, 5.41) is 4.32. The zero-order valence-corrected chi connectivity index (χ0v) is 13.9. The molecule has 21 heavy (non-hydrogen) atoms. The van der Waals surface area contributed by atoms with E-state index >= 15 is 0 Å². The van der Waals surface area contributed by atoms with Crippen LogP contribution in [0.4, 0.5) is 5.00 Å². The van der Waals surface area contributed by atoms with Crippen molar-refractivity contribution in [2.45, 2.75) is 68.7 Å². The van der Waals surface area contributed by atoms with Gasteiger partial charge in [-0.3, -0.25) is 9.52 Å². The van der Waals surface area contributed by atoms with Gasteiger partial charge in [0.25, 0.3) is 0 Å². The van der Waals surface area contributed by atoms with Crippen LogP contribution in [-0.2, 0) is 17.6 Å². The third-order valence-corrected chi connectivity index (χ3v) is 7.18. The van der Waals surface area contributed by atoms with Crippen LogP contribution in [0.15, 0.2) is 4.90 Å². The van der Waals surface area contributed by atoms with Gasteiger partial charge in [0.15, 0.2) is 0 Å². The molecule has 1 aromatic rings.